The Hall–Kier alpha value is -3.93. The standard InChI is InChI=1S/C24H25F3N6O3/c1-14-9-15-3-5-17(30-19(15)10-20(14)36-2)12-29-32-21-6-4-16(11-28-21)22(24(25,26)27)33-8-7-18(13-33)31-23(34)35/h3-6,9-12,18,22,31H,7-8,13H2,1-2H3,(H,28,32)(H,34,35)/t18?,22-/m1/s1. The van der Waals surface area contributed by atoms with Crippen LogP contribution in [0.15, 0.2) is 47.7 Å². The van der Waals surface area contributed by atoms with Crippen LogP contribution in [0.1, 0.15) is 29.3 Å². The number of benzene rings is 1. The van der Waals surface area contributed by atoms with Crippen LogP contribution in [0, 0.1) is 6.92 Å². The molecule has 190 valence electrons. The number of aryl methyl sites for hydroxylation is 1. The number of hydrazone groups is 1. The lowest BCUT2D eigenvalue weighted by atomic mass is 10.1. The van der Waals surface area contributed by atoms with Gasteiger partial charge in [-0.3, -0.25) is 10.3 Å². The van der Waals surface area contributed by atoms with E-state index in [-0.39, 0.29) is 24.5 Å². The van der Waals surface area contributed by atoms with Crippen LogP contribution in [0.25, 0.3) is 10.9 Å². The normalized spacial score (nSPS) is 17.4. The molecule has 0 radical (unpaired) electrons. The second-order valence-electron chi connectivity index (χ2n) is 8.47. The van der Waals surface area contributed by atoms with Crippen molar-refractivity contribution in [3.8, 4) is 5.75 Å². The van der Waals surface area contributed by atoms with Crippen LogP contribution in [0.4, 0.5) is 23.8 Å². The topological polar surface area (TPSA) is 112 Å². The van der Waals surface area contributed by atoms with E-state index in [9.17, 15) is 18.0 Å². The van der Waals surface area contributed by atoms with Gasteiger partial charge in [-0.25, -0.2) is 14.8 Å². The fourth-order valence-electron chi connectivity index (χ4n) is 4.29. The summed E-state index contributed by atoms with van der Waals surface area (Å²) in [6.07, 6.45) is -2.86. The van der Waals surface area contributed by atoms with E-state index in [1.165, 1.54) is 23.2 Å². The Bertz CT molecular complexity index is 1270. The van der Waals surface area contributed by atoms with Crippen molar-refractivity contribution in [2.45, 2.75) is 31.6 Å². The molecule has 2 atom stereocenters. The Labute approximate surface area is 205 Å². The summed E-state index contributed by atoms with van der Waals surface area (Å²) in [4.78, 5) is 20.6. The number of carboxylic acid groups (broad SMARTS) is 1. The number of rotatable bonds is 7. The summed E-state index contributed by atoms with van der Waals surface area (Å²) in [5.74, 6) is 0.993. The molecule has 3 N–H and O–H groups in total. The number of hydrogen-bond acceptors (Lipinski definition) is 7. The number of halogens is 3. The lowest BCUT2D eigenvalue weighted by Gasteiger charge is -2.30. The summed E-state index contributed by atoms with van der Waals surface area (Å²) in [5.41, 5.74) is 4.98. The molecule has 0 bridgehead atoms. The maximum atomic E-state index is 13.9. The number of ether oxygens (including phenoxy) is 1. The van der Waals surface area contributed by atoms with Crippen molar-refractivity contribution in [3.63, 3.8) is 0 Å². The molecule has 1 amide bonds. The van der Waals surface area contributed by atoms with Crippen LogP contribution in [0.2, 0.25) is 0 Å². The summed E-state index contributed by atoms with van der Waals surface area (Å²) in [5, 5.41) is 16.1. The van der Waals surface area contributed by atoms with E-state index in [4.69, 9.17) is 9.84 Å². The van der Waals surface area contributed by atoms with Gasteiger partial charge in [-0.2, -0.15) is 18.3 Å². The largest absolute Gasteiger partial charge is 0.496 e. The quantitative estimate of drug-likeness (QED) is 0.326. The first-order valence-electron chi connectivity index (χ1n) is 11.1. The van der Waals surface area contributed by atoms with E-state index in [0.29, 0.717) is 12.1 Å². The average Bonchev–Trinajstić information content (AvgIpc) is 3.25. The van der Waals surface area contributed by atoms with Gasteiger partial charge in [0.25, 0.3) is 0 Å². The molecule has 2 aromatic heterocycles. The molecule has 3 aromatic rings. The fraction of sp³-hybridized carbons (Fsp3) is 0.333. The number of fused-ring (bicyclic) bond motifs is 1. The van der Waals surface area contributed by atoms with E-state index in [1.807, 2.05) is 25.1 Å². The predicted molar refractivity (Wildman–Crippen MR) is 128 cm³/mol. The van der Waals surface area contributed by atoms with Gasteiger partial charge in [0.2, 0.25) is 0 Å². The number of pyridine rings is 2. The van der Waals surface area contributed by atoms with Crippen molar-refractivity contribution in [2.75, 3.05) is 25.6 Å². The molecule has 3 heterocycles. The first-order chi connectivity index (χ1) is 17.1. The highest BCUT2D eigenvalue weighted by atomic mass is 19.4. The van der Waals surface area contributed by atoms with Crippen LogP contribution in [-0.2, 0) is 0 Å². The van der Waals surface area contributed by atoms with Gasteiger partial charge in [0.1, 0.15) is 17.6 Å². The molecule has 1 aliphatic heterocycles. The van der Waals surface area contributed by atoms with E-state index in [0.717, 1.165) is 28.4 Å². The van der Waals surface area contributed by atoms with Gasteiger partial charge in [0, 0.05) is 36.8 Å². The van der Waals surface area contributed by atoms with Gasteiger partial charge in [0.05, 0.1) is 24.5 Å². The molecule has 1 unspecified atom stereocenters. The lowest BCUT2D eigenvalue weighted by molar-refractivity contribution is -0.183. The highest BCUT2D eigenvalue weighted by Gasteiger charge is 2.47. The second-order valence-corrected chi connectivity index (χ2v) is 8.47. The molecule has 36 heavy (non-hydrogen) atoms. The molecule has 4 rings (SSSR count). The average molecular weight is 502 g/mol. The monoisotopic (exact) mass is 502 g/mol. The molecule has 0 saturated carbocycles. The fourth-order valence-corrected chi connectivity index (χ4v) is 4.29. The highest BCUT2D eigenvalue weighted by molar-refractivity contribution is 5.86. The molecular formula is C24H25F3N6O3. The number of carbonyl (C=O) groups is 1. The van der Waals surface area contributed by atoms with E-state index < -0.39 is 24.4 Å². The Morgan fingerprint density at radius 2 is 2.11 bits per heavy atom. The van der Waals surface area contributed by atoms with Crippen LogP contribution in [-0.4, -0.2) is 64.7 Å². The minimum Gasteiger partial charge on any atom is -0.496 e. The number of methoxy groups -OCH3 is 1. The zero-order chi connectivity index (χ0) is 25.9. The molecule has 12 heteroatoms. The Kier molecular flexibility index (Phi) is 7.25. The van der Waals surface area contributed by atoms with Crippen LogP contribution in [0.3, 0.4) is 0 Å². The van der Waals surface area contributed by atoms with Crippen molar-refractivity contribution in [3.05, 3.63) is 59.4 Å². The van der Waals surface area contributed by atoms with Gasteiger partial charge in [-0.1, -0.05) is 12.1 Å². The smallest absolute Gasteiger partial charge is 0.408 e. The zero-order valence-corrected chi connectivity index (χ0v) is 19.6. The number of likely N-dealkylation sites (tertiary alicyclic amines) is 1. The molecule has 9 nitrogen and oxygen atoms in total. The number of hydrogen-bond donors (Lipinski definition) is 3. The predicted octanol–water partition coefficient (Wildman–Crippen LogP) is 4.34. The third kappa shape index (κ3) is 5.82. The van der Waals surface area contributed by atoms with E-state index in [2.05, 4.69) is 25.8 Å². The van der Waals surface area contributed by atoms with Crippen molar-refractivity contribution >= 4 is 29.0 Å². The van der Waals surface area contributed by atoms with Gasteiger partial charge >= 0.3 is 12.3 Å². The Morgan fingerprint density at radius 1 is 1.31 bits per heavy atom. The van der Waals surface area contributed by atoms with Crippen LogP contribution >= 0.6 is 0 Å². The summed E-state index contributed by atoms with van der Waals surface area (Å²) in [6.45, 7) is 2.03. The summed E-state index contributed by atoms with van der Waals surface area (Å²) < 4.78 is 46.9. The number of amides is 1. The third-order valence-corrected chi connectivity index (χ3v) is 5.93. The van der Waals surface area contributed by atoms with Crippen molar-refractivity contribution in [2.24, 2.45) is 5.10 Å². The highest BCUT2D eigenvalue weighted by Crippen LogP contribution is 2.39. The van der Waals surface area contributed by atoms with Crippen molar-refractivity contribution in [1.82, 2.24) is 20.2 Å². The molecule has 0 spiro atoms. The lowest BCUT2D eigenvalue weighted by Crippen LogP contribution is -2.40. The van der Waals surface area contributed by atoms with Gasteiger partial charge < -0.3 is 15.2 Å². The van der Waals surface area contributed by atoms with Gasteiger partial charge in [-0.15, -0.1) is 0 Å². The first kappa shape index (κ1) is 25.2. The molecule has 1 aliphatic rings. The molecule has 0 aliphatic carbocycles. The number of nitrogens with one attached hydrogen (secondary N) is 2. The number of nitrogens with zero attached hydrogens (tertiary/aromatic N) is 4. The van der Waals surface area contributed by atoms with Gasteiger partial charge in [-0.05, 0) is 42.7 Å². The number of anilines is 1. The third-order valence-electron chi connectivity index (χ3n) is 5.93. The summed E-state index contributed by atoms with van der Waals surface area (Å²) in [6, 6.07) is 7.84. The first-order valence-corrected chi connectivity index (χ1v) is 11.1. The second kappa shape index (κ2) is 10.4. The molecule has 1 aromatic carbocycles. The zero-order valence-electron chi connectivity index (χ0n) is 19.6. The molecular weight excluding hydrogens is 477 g/mol. The van der Waals surface area contributed by atoms with Crippen LogP contribution < -0.4 is 15.5 Å². The number of alkyl halides is 3. The molecule has 1 saturated heterocycles. The van der Waals surface area contributed by atoms with E-state index >= 15 is 0 Å². The van der Waals surface area contributed by atoms with E-state index in [1.54, 1.807) is 13.2 Å². The Morgan fingerprint density at radius 3 is 2.78 bits per heavy atom. The minimum atomic E-state index is -4.55. The maximum Gasteiger partial charge on any atom is 0.408 e. The summed E-state index contributed by atoms with van der Waals surface area (Å²) in [7, 11) is 1.59. The molecule has 1 fully saturated rings. The van der Waals surface area contributed by atoms with Gasteiger partial charge in [0.15, 0.2) is 0 Å². The Balaban J connectivity index is 1.44. The van der Waals surface area contributed by atoms with Crippen LogP contribution in [0.5, 0.6) is 5.75 Å². The summed E-state index contributed by atoms with van der Waals surface area (Å²) >= 11 is 0. The van der Waals surface area contributed by atoms with Crippen molar-refractivity contribution < 1.29 is 27.8 Å². The minimum absolute atomic E-state index is 0.0339. The SMILES string of the molecule is COc1cc2nc(C=NNc3ccc([C@@H](N4CCC(NC(=O)O)C4)C(F)(F)F)cn3)ccc2cc1C. The number of aromatic nitrogens is 2. The maximum absolute atomic E-state index is 13.9. The van der Waals surface area contributed by atoms with Crippen molar-refractivity contribution in [1.29, 1.82) is 0 Å².